The molecule has 50 heavy (non-hydrogen) atoms. The number of amides is 2. The number of Topliss-reactive ketones (excluding diaryl/α,β-unsaturated/α-hetero) is 1. The smallest absolute Gasteiger partial charge is 0.439 e. The molecule has 0 bridgehead atoms. The second-order valence-electron chi connectivity index (χ2n) is 10.4. The maximum absolute atomic E-state index is 14.5. The molecule has 1 aromatic carbocycles. The van der Waals surface area contributed by atoms with Gasteiger partial charge in [0.05, 0.1) is 29.5 Å². The van der Waals surface area contributed by atoms with E-state index in [0.717, 1.165) is 27.9 Å². The average molecular weight is 731 g/mol. The minimum absolute atomic E-state index is 0.0344. The predicted molar refractivity (Wildman–Crippen MR) is 154 cm³/mol. The fraction of sp³-hybridized carbons (Fsp3) is 0.321. The van der Waals surface area contributed by atoms with Crippen LogP contribution in [-0.2, 0) is 23.4 Å². The summed E-state index contributed by atoms with van der Waals surface area (Å²) >= 11 is 6.28. The van der Waals surface area contributed by atoms with Crippen LogP contribution < -0.4 is 0 Å². The third-order valence-electron chi connectivity index (χ3n) is 7.18. The molecule has 22 heteroatoms. The van der Waals surface area contributed by atoms with Crippen molar-refractivity contribution in [2.75, 3.05) is 21.2 Å². The highest BCUT2D eigenvalue weighted by molar-refractivity contribution is 6.32. The van der Waals surface area contributed by atoms with Crippen molar-refractivity contribution < 1.29 is 49.9 Å². The molecular weight excluding hydrogens is 709 g/mol. The Kier molecular flexibility index (Phi) is 10.2. The lowest BCUT2D eigenvalue weighted by atomic mass is 9.93. The molecule has 0 spiro atoms. The van der Waals surface area contributed by atoms with Gasteiger partial charge in [-0.05, 0) is 53.6 Å². The number of halogens is 8. The molecule has 4 aromatic rings. The first-order valence-electron chi connectivity index (χ1n) is 13.7. The minimum atomic E-state index is -6.48. The van der Waals surface area contributed by atoms with Gasteiger partial charge in [-0.2, -0.15) is 41.5 Å². The van der Waals surface area contributed by atoms with Gasteiger partial charge in [-0.25, -0.2) is 28.9 Å². The van der Waals surface area contributed by atoms with Gasteiger partial charge in [0, 0.05) is 32.3 Å². The number of hydrazine groups is 1. The summed E-state index contributed by atoms with van der Waals surface area (Å²) in [5, 5.41) is 24.1. The number of nitriles is 1. The Morgan fingerprint density at radius 1 is 1.02 bits per heavy atom. The van der Waals surface area contributed by atoms with Crippen molar-refractivity contribution >= 4 is 29.4 Å². The molecule has 0 aliphatic carbocycles. The van der Waals surface area contributed by atoms with Crippen molar-refractivity contribution in [1.29, 1.82) is 5.26 Å². The van der Waals surface area contributed by atoms with Crippen LogP contribution in [0.3, 0.4) is 0 Å². The second kappa shape index (κ2) is 13.7. The van der Waals surface area contributed by atoms with E-state index in [4.69, 9.17) is 11.6 Å². The number of methoxy groups -OCH3 is 1. The molecule has 0 saturated heterocycles. The van der Waals surface area contributed by atoms with Crippen LogP contribution in [0.2, 0.25) is 5.02 Å². The fourth-order valence-corrected chi connectivity index (χ4v) is 4.73. The summed E-state index contributed by atoms with van der Waals surface area (Å²) in [5.41, 5.74) is -6.11. The zero-order chi connectivity index (χ0) is 37.3. The molecule has 3 aromatic heterocycles. The molecule has 0 N–H and O–H groups in total. The van der Waals surface area contributed by atoms with Crippen LogP contribution in [0.15, 0.2) is 36.5 Å². The number of alkyl halides is 7. The summed E-state index contributed by atoms with van der Waals surface area (Å²) in [6, 6.07) is 8.42. The lowest BCUT2D eigenvalue weighted by molar-refractivity contribution is -0.351. The van der Waals surface area contributed by atoms with E-state index < -0.39 is 54.6 Å². The maximum Gasteiger partial charge on any atom is 0.439 e. The molecule has 2 amide bonds. The summed E-state index contributed by atoms with van der Waals surface area (Å²) in [4.78, 5) is 43.8. The number of ether oxygens (including phenoxy) is 1. The van der Waals surface area contributed by atoms with E-state index in [1.54, 1.807) is 0 Å². The van der Waals surface area contributed by atoms with Crippen molar-refractivity contribution in [2.24, 2.45) is 0 Å². The Labute approximate surface area is 281 Å². The van der Waals surface area contributed by atoms with Gasteiger partial charge in [0.15, 0.2) is 11.6 Å². The first-order valence-corrected chi connectivity index (χ1v) is 14.1. The van der Waals surface area contributed by atoms with E-state index in [2.05, 4.69) is 30.2 Å². The first kappa shape index (κ1) is 37.2. The van der Waals surface area contributed by atoms with E-state index in [-0.39, 0.29) is 43.7 Å². The number of benzene rings is 1. The third-order valence-corrected chi connectivity index (χ3v) is 7.48. The number of carbonyl (C=O) groups is 3. The van der Waals surface area contributed by atoms with E-state index >= 15 is 0 Å². The minimum Gasteiger partial charge on any atom is -0.452 e. The summed E-state index contributed by atoms with van der Waals surface area (Å²) < 4.78 is 99.3. The van der Waals surface area contributed by atoms with E-state index in [1.165, 1.54) is 51.5 Å². The van der Waals surface area contributed by atoms with Crippen molar-refractivity contribution in [2.45, 2.75) is 37.9 Å². The van der Waals surface area contributed by atoms with Crippen molar-refractivity contribution in [3.8, 4) is 11.9 Å². The summed E-state index contributed by atoms with van der Waals surface area (Å²) in [6.07, 6.45) is -13.1. The van der Waals surface area contributed by atoms with E-state index in [0.29, 0.717) is 5.56 Å². The number of aromatic nitrogens is 7. The van der Waals surface area contributed by atoms with Gasteiger partial charge < -0.3 is 4.74 Å². The molecule has 0 saturated carbocycles. The first-order chi connectivity index (χ1) is 23.2. The lowest BCUT2D eigenvalue weighted by Crippen LogP contribution is -2.51. The number of aryl methyl sites for hydroxylation is 1. The molecular formula is C28H22ClF7N10O4. The molecule has 0 radical (unpaired) electrons. The van der Waals surface area contributed by atoms with Gasteiger partial charge in [-0.3, -0.25) is 9.59 Å². The van der Waals surface area contributed by atoms with Crippen LogP contribution in [0.5, 0.6) is 0 Å². The van der Waals surface area contributed by atoms with Crippen LogP contribution >= 0.6 is 11.6 Å². The molecule has 14 nitrogen and oxygen atoms in total. The SMILES string of the molecule is COC(=O)N(C)N(C)C(=O)c1cc(C#N)cc(C)c1CC(=O)c1cc(Cn2nnc(C(F)(C(F)(F)F)C(F)(F)F)n2)nn1-c1ncccc1Cl. The molecule has 0 unspecified atom stereocenters. The Balaban J connectivity index is 1.78. The number of hydrogen-bond acceptors (Lipinski definition) is 10. The highest BCUT2D eigenvalue weighted by atomic mass is 35.5. The number of tetrazole rings is 1. The molecule has 3 heterocycles. The van der Waals surface area contributed by atoms with Gasteiger partial charge >= 0.3 is 24.1 Å². The zero-order valence-corrected chi connectivity index (χ0v) is 26.8. The predicted octanol–water partition coefficient (Wildman–Crippen LogP) is 4.54. The monoisotopic (exact) mass is 730 g/mol. The normalized spacial score (nSPS) is 12.0. The molecule has 0 aliphatic rings. The second-order valence-corrected chi connectivity index (χ2v) is 10.8. The maximum atomic E-state index is 14.5. The molecule has 0 atom stereocenters. The van der Waals surface area contributed by atoms with Crippen molar-refractivity contribution in [1.82, 2.24) is 45.0 Å². The number of pyridine rings is 1. The standard InChI is InChI=1S/C28H22ClF7N10O4/c1-14-8-15(12-37)9-18(23(48)43(2)44(3)25(49)50-4)17(14)11-21(47)20-10-16(40-46(20)22-19(29)6-5-7-38-22)13-45-41-24(39-42-45)26(30,27(31,32)33)28(34,35)36/h5-10H,11,13H2,1-4H3. The van der Waals surface area contributed by atoms with Crippen LogP contribution in [0.1, 0.15) is 49.1 Å². The Bertz CT molecular complexity index is 1990. The molecule has 4 rings (SSSR count). The topological polar surface area (TPSA) is 165 Å². The summed E-state index contributed by atoms with van der Waals surface area (Å²) in [7, 11) is 3.56. The Hall–Kier alpha value is -5.65. The van der Waals surface area contributed by atoms with Gasteiger partial charge in [0.2, 0.25) is 5.82 Å². The number of hydrogen-bond donors (Lipinski definition) is 0. The number of carbonyl (C=O) groups excluding carboxylic acids is 3. The van der Waals surface area contributed by atoms with Crippen molar-refractivity contribution in [3.05, 3.63) is 81.0 Å². The Morgan fingerprint density at radius 2 is 1.68 bits per heavy atom. The van der Waals surface area contributed by atoms with Crippen LogP contribution in [0, 0.1) is 18.3 Å². The Morgan fingerprint density at radius 3 is 2.26 bits per heavy atom. The zero-order valence-electron chi connectivity index (χ0n) is 26.0. The highest BCUT2D eigenvalue weighted by Crippen LogP contribution is 2.51. The number of rotatable bonds is 8. The van der Waals surface area contributed by atoms with Crippen LogP contribution in [-0.4, -0.2) is 96.3 Å². The molecule has 0 fully saturated rings. The summed E-state index contributed by atoms with van der Waals surface area (Å²) in [6.45, 7) is 0.712. The van der Waals surface area contributed by atoms with E-state index in [1.807, 2.05) is 6.07 Å². The van der Waals surface area contributed by atoms with Gasteiger partial charge in [-0.1, -0.05) is 11.6 Å². The van der Waals surface area contributed by atoms with Gasteiger partial charge in [0.25, 0.3) is 5.91 Å². The molecule has 264 valence electrons. The van der Waals surface area contributed by atoms with Gasteiger partial charge in [0.1, 0.15) is 12.2 Å². The highest BCUT2D eigenvalue weighted by Gasteiger charge is 2.76. The summed E-state index contributed by atoms with van der Waals surface area (Å²) in [5.74, 6) is -4.02. The van der Waals surface area contributed by atoms with Crippen LogP contribution in [0.4, 0.5) is 35.5 Å². The average Bonchev–Trinajstić information content (AvgIpc) is 3.70. The molecule has 0 aliphatic heterocycles. The van der Waals surface area contributed by atoms with Crippen LogP contribution in [0.25, 0.3) is 5.82 Å². The van der Waals surface area contributed by atoms with Crippen molar-refractivity contribution in [3.63, 3.8) is 0 Å². The largest absolute Gasteiger partial charge is 0.452 e. The lowest BCUT2D eigenvalue weighted by Gasteiger charge is -2.28. The number of ketones is 1. The third kappa shape index (κ3) is 6.91. The quantitative estimate of drug-likeness (QED) is 0.143. The fourth-order valence-electron chi connectivity index (χ4n) is 4.53. The van der Waals surface area contributed by atoms with E-state index in [9.17, 15) is 50.4 Å². The number of nitrogens with zero attached hydrogens (tertiary/aromatic N) is 10. The van der Waals surface area contributed by atoms with Gasteiger partial charge in [-0.15, -0.1) is 10.2 Å².